The third-order valence-electron chi connectivity index (χ3n) is 11.8. The number of hydrogen-bond acceptors (Lipinski definition) is 1. The van der Waals surface area contributed by atoms with Crippen LogP contribution in [0.15, 0.2) is 243 Å². The van der Waals surface area contributed by atoms with Crippen molar-refractivity contribution in [1.82, 2.24) is 4.57 Å². The lowest BCUT2D eigenvalue weighted by Gasteiger charge is -2.30. The van der Waals surface area contributed by atoms with Crippen LogP contribution in [0, 0.1) is 0 Å². The van der Waals surface area contributed by atoms with Crippen molar-refractivity contribution in [3.05, 3.63) is 243 Å². The molecule has 0 bridgehead atoms. The van der Waals surface area contributed by atoms with E-state index in [1.165, 1.54) is 60.4 Å². The van der Waals surface area contributed by atoms with Crippen LogP contribution in [0.5, 0.6) is 0 Å². The van der Waals surface area contributed by atoms with E-state index >= 15 is 0 Å². The minimum Gasteiger partial charge on any atom is -0.309 e. The van der Waals surface area contributed by atoms with Crippen LogP contribution in [-0.4, -0.2) is 4.57 Å². The quantitative estimate of drug-likeness (QED) is 0.150. The average molecular weight is 765 g/mol. The predicted octanol–water partition coefficient (Wildman–Crippen LogP) is 16.1. The van der Waals surface area contributed by atoms with Gasteiger partial charge in [0.05, 0.1) is 28.1 Å². The monoisotopic (exact) mass is 764 g/mol. The minimum absolute atomic E-state index is 1.08. The van der Waals surface area contributed by atoms with E-state index < -0.39 is 0 Å². The van der Waals surface area contributed by atoms with Crippen molar-refractivity contribution >= 4 is 49.6 Å². The number of rotatable bonds is 8. The van der Waals surface area contributed by atoms with E-state index in [1.54, 1.807) is 0 Å². The molecule has 0 aliphatic rings. The minimum atomic E-state index is 1.08. The van der Waals surface area contributed by atoms with Gasteiger partial charge in [-0.3, -0.25) is 0 Å². The summed E-state index contributed by atoms with van der Waals surface area (Å²) in [6.07, 6.45) is 0. The maximum atomic E-state index is 2.48. The predicted molar refractivity (Wildman–Crippen MR) is 255 cm³/mol. The fraction of sp³-hybridized carbons (Fsp3) is 0. The zero-order valence-electron chi connectivity index (χ0n) is 33.0. The molecule has 0 radical (unpaired) electrons. The molecule has 0 fully saturated rings. The molecular formula is C58H40N2. The van der Waals surface area contributed by atoms with Crippen LogP contribution < -0.4 is 4.90 Å². The molecule has 0 saturated heterocycles. The molecule has 11 rings (SSSR count). The average Bonchev–Trinajstić information content (AvgIpc) is 3.66. The number of benzene rings is 10. The molecule has 11 aromatic rings. The zero-order chi connectivity index (χ0) is 39.8. The Morgan fingerprint density at radius 1 is 0.283 bits per heavy atom. The normalized spacial score (nSPS) is 11.3. The molecule has 0 spiro atoms. The summed E-state index contributed by atoms with van der Waals surface area (Å²) >= 11 is 0. The standard InChI is InChI=1S/C58H40N2/c1-4-17-41(18-5-1)43-31-33-46(34-32-43)50-26-12-14-28-55(50)60-56-29-15-13-27-52(56)53-38-36-48(40-58(53)60)59(54-30-16-24-45-23-10-11-25-49(45)54)57-39-47(42-19-6-2-7-20-42)35-37-51(57)44-21-8-3-9-22-44/h1-40H. The van der Waals surface area contributed by atoms with Crippen molar-refractivity contribution in [1.29, 1.82) is 0 Å². The van der Waals surface area contributed by atoms with Gasteiger partial charge in [0.1, 0.15) is 0 Å². The van der Waals surface area contributed by atoms with Crippen LogP contribution >= 0.6 is 0 Å². The summed E-state index contributed by atoms with van der Waals surface area (Å²) in [4.78, 5) is 2.48. The number of aromatic nitrogens is 1. The Hall–Kier alpha value is -7.94. The Balaban J connectivity index is 1.17. The lowest BCUT2D eigenvalue weighted by atomic mass is 9.96. The van der Waals surface area contributed by atoms with Crippen LogP contribution in [0.2, 0.25) is 0 Å². The van der Waals surface area contributed by atoms with E-state index in [2.05, 4.69) is 252 Å². The van der Waals surface area contributed by atoms with E-state index in [0.29, 0.717) is 0 Å². The largest absolute Gasteiger partial charge is 0.309 e. The van der Waals surface area contributed by atoms with Gasteiger partial charge < -0.3 is 9.47 Å². The van der Waals surface area contributed by atoms with Crippen LogP contribution in [0.1, 0.15) is 0 Å². The van der Waals surface area contributed by atoms with Crippen molar-refractivity contribution in [2.24, 2.45) is 0 Å². The highest BCUT2D eigenvalue weighted by atomic mass is 15.1. The van der Waals surface area contributed by atoms with E-state index in [9.17, 15) is 0 Å². The molecule has 0 atom stereocenters. The maximum Gasteiger partial charge on any atom is 0.0562 e. The molecule has 1 aromatic heterocycles. The van der Waals surface area contributed by atoms with Crippen molar-refractivity contribution in [3.8, 4) is 50.2 Å². The van der Waals surface area contributed by atoms with Gasteiger partial charge in [-0.15, -0.1) is 0 Å². The van der Waals surface area contributed by atoms with Crippen LogP contribution in [-0.2, 0) is 0 Å². The van der Waals surface area contributed by atoms with E-state index in [4.69, 9.17) is 0 Å². The Bertz CT molecular complexity index is 3290. The number of anilines is 3. The molecule has 0 aliphatic heterocycles. The fourth-order valence-electron chi connectivity index (χ4n) is 8.94. The molecule has 0 N–H and O–H groups in total. The summed E-state index contributed by atoms with van der Waals surface area (Å²) in [5, 5.41) is 4.82. The van der Waals surface area contributed by atoms with Crippen LogP contribution in [0.25, 0.3) is 82.8 Å². The summed E-state index contributed by atoms with van der Waals surface area (Å²) < 4.78 is 2.47. The van der Waals surface area contributed by atoms with Crippen molar-refractivity contribution in [2.75, 3.05) is 4.90 Å². The molecular weight excluding hydrogens is 725 g/mol. The Morgan fingerprint density at radius 2 is 0.817 bits per heavy atom. The molecule has 0 aliphatic carbocycles. The summed E-state index contributed by atoms with van der Waals surface area (Å²) in [5.41, 5.74) is 16.2. The molecule has 60 heavy (non-hydrogen) atoms. The van der Waals surface area contributed by atoms with Gasteiger partial charge in [0, 0.05) is 33.0 Å². The second-order valence-electron chi connectivity index (χ2n) is 15.3. The summed E-state index contributed by atoms with van der Waals surface area (Å²) in [6.45, 7) is 0. The Kier molecular flexibility index (Phi) is 8.87. The number of fused-ring (bicyclic) bond motifs is 4. The molecule has 10 aromatic carbocycles. The van der Waals surface area contributed by atoms with Gasteiger partial charge in [0.15, 0.2) is 0 Å². The van der Waals surface area contributed by atoms with E-state index in [0.717, 1.165) is 39.4 Å². The van der Waals surface area contributed by atoms with Gasteiger partial charge in [0.2, 0.25) is 0 Å². The second-order valence-corrected chi connectivity index (χ2v) is 15.3. The Labute approximate surface area is 350 Å². The van der Waals surface area contributed by atoms with Gasteiger partial charge in [0.25, 0.3) is 0 Å². The molecule has 0 unspecified atom stereocenters. The third kappa shape index (κ3) is 6.23. The molecule has 282 valence electrons. The maximum absolute atomic E-state index is 2.48. The first-order valence-electron chi connectivity index (χ1n) is 20.6. The highest BCUT2D eigenvalue weighted by molar-refractivity contribution is 6.12. The first kappa shape index (κ1) is 35.2. The van der Waals surface area contributed by atoms with Crippen molar-refractivity contribution in [3.63, 3.8) is 0 Å². The van der Waals surface area contributed by atoms with Crippen LogP contribution in [0.3, 0.4) is 0 Å². The van der Waals surface area contributed by atoms with Gasteiger partial charge in [-0.05, 0) is 75.2 Å². The number of nitrogens with zero attached hydrogens (tertiary/aromatic N) is 2. The van der Waals surface area contributed by atoms with Gasteiger partial charge in [-0.2, -0.15) is 0 Å². The molecule has 2 heteroatoms. The SMILES string of the molecule is c1ccc(-c2ccc(-c3ccccc3-n3c4ccccc4c4ccc(N(c5cc(-c6ccccc6)ccc5-c5ccccc5)c5cccc6ccccc56)cc43)cc2)cc1. The van der Waals surface area contributed by atoms with Gasteiger partial charge in [-0.25, -0.2) is 0 Å². The molecule has 0 amide bonds. The summed E-state index contributed by atoms with van der Waals surface area (Å²) in [7, 11) is 0. The van der Waals surface area contributed by atoms with Gasteiger partial charge >= 0.3 is 0 Å². The van der Waals surface area contributed by atoms with Crippen molar-refractivity contribution < 1.29 is 0 Å². The highest BCUT2D eigenvalue weighted by Crippen LogP contribution is 2.47. The fourth-order valence-corrected chi connectivity index (χ4v) is 8.94. The number of hydrogen-bond donors (Lipinski definition) is 0. The second kappa shape index (κ2) is 15.1. The number of para-hydroxylation sites is 2. The first-order valence-corrected chi connectivity index (χ1v) is 20.6. The topological polar surface area (TPSA) is 8.17 Å². The highest BCUT2D eigenvalue weighted by Gasteiger charge is 2.23. The summed E-state index contributed by atoms with van der Waals surface area (Å²) in [6, 6.07) is 88.0. The zero-order valence-corrected chi connectivity index (χ0v) is 33.0. The molecule has 1 heterocycles. The van der Waals surface area contributed by atoms with Crippen LogP contribution in [0.4, 0.5) is 17.1 Å². The lowest BCUT2D eigenvalue weighted by Crippen LogP contribution is -2.12. The van der Waals surface area contributed by atoms with Gasteiger partial charge in [-0.1, -0.05) is 206 Å². The van der Waals surface area contributed by atoms with Crippen molar-refractivity contribution in [2.45, 2.75) is 0 Å². The third-order valence-corrected chi connectivity index (χ3v) is 11.8. The lowest BCUT2D eigenvalue weighted by molar-refractivity contribution is 1.18. The summed E-state index contributed by atoms with van der Waals surface area (Å²) in [5.74, 6) is 0. The smallest absolute Gasteiger partial charge is 0.0562 e. The first-order chi connectivity index (χ1) is 29.8. The van der Waals surface area contributed by atoms with E-state index in [1.807, 2.05) is 0 Å². The molecule has 2 nitrogen and oxygen atoms in total. The van der Waals surface area contributed by atoms with E-state index in [-0.39, 0.29) is 0 Å². The Morgan fingerprint density at radius 3 is 1.58 bits per heavy atom. The molecule has 0 saturated carbocycles.